The van der Waals surface area contributed by atoms with Gasteiger partial charge in [0.05, 0.1) is 23.7 Å². The molecule has 0 atom stereocenters. The number of hydrogen-bond donors (Lipinski definition) is 0. The molecule has 0 aliphatic heterocycles. The van der Waals surface area contributed by atoms with Crippen LogP contribution in [-0.2, 0) is 9.53 Å². The van der Waals surface area contributed by atoms with Crippen molar-refractivity contribution in [1.82, 2.24) is 0 Å². The second kappa shape index (κ2) is 9.55. The summed E-state index contributed by atoms with van der Waals surface area (Å²) < 4.78 is 10.3. The summed E-state index contributed by atoms with van der Waals surface area (Å²) in [5.74, 6) is 0.232. The number of carbonyl (C=O) groups excluding carboxylic acids is 2. The van der Waals surface area contributed by atoms with Crippen LogP contribution in [0, 0.1) is 17.0 Å². The van der Waals surface area contributed by atoms with E-state index < -0.39 is 4.92 Å². The zero-order valence-electron chi connectivity index (χ0n) is 13.4. The van der Waals surface area contributed by atoms with Crippen LogP contribution < -0.4 is 4.74 Å². The van der Waals surface area contributed by atoms with Crippen LogP contribution in [0.3, 0.4) is 0 Å². The number of aryl methyl sites for hydroxylation is 1. The van der Waals surface area contributed by atoms with E-state index in [-0.39, 0.29) is 17.2 Å². The molecule has 0 bridgehead atoms. The molecule has 0 N–H and O–H groups in total. The minimum absolute atomic E-state index is 0.00677. The molecule has 0 saturated heterocycles. The molecule has 0 aromatic heterocycles. The van der Waals surface area contributed by atoms with Gasteiger partial charge in [-0.3, -0.25) is 19.7 Å². The lowest BCUT2D eigenvalue weighted by atomic mass is 10.1. The number of ether oxygens (including phenoxy) is 2. The fraction of sp³-hybridized carbons (Fsp3) is 0.500. The van der Waals surface area contributed by atoms with Crippen LogP contribution in [0.25, 0.3) is 0 Å². The molecular weight excluding hydrogens is 302 g/mol. The summed E-state index contributed by atoms with van der Waals surface area (Å²) >= 11 is 0. The number of rotatable bonds is 10. The van der Waals surface area contributed by atoms with Crippen molar-refractivity contribution in [2.75, 3.05) is 13.2 Å². The number of nitro benzene ring substituents is 1. The maximum absolute atomic E-state index is 11.2. The molecule has 1 rings (SSSR count). The Morgan fingerprint density at radius 1 is 1.30 bits per heavy atom. The fourth-order valence-electron chi connectivity index (χ4n) is 2.17. The number of esters is 1. The number of nitro groups is 1. The van der Waals surface area contributed by atoms with Crippen LogP contribution in [-0.4, -0.2) is 30.4 Å². The van der Waals surface area contributed by atoms with Gasteiger partial charge in [-0.15, -0.1) is 0 Å². The number of aldehydes is 1. The number of hydrogen-bond acceptors (Lipinski definition) is 6. The van der Waals surface area contributed by atoms with Gasteiger partial charge in [-0.2, -0.15) is 0 Å². The van der Waals surface area contributed by atoms with E-state index in [0.717, 1.165) is 19.3 Å². The number of unbranched alkanes of at least 4 members (excludes halogenated alkanes) is 2. The lowest BCUT2D eigenvalue weighted by Crippen LogP contribution is -2.04. The molecule has 0 saturated carbocycles. The molecule has 0 fully saturated rings. The lowest BCUT2D eigenvalue weighted by molar-refractivity contribution is -0.385. The highest BCUT2D eigenvalue weighted by atomic mass is 16.6. The second-order valence-corrected chi connectivity index (χ2v) is 5.02. The Labute approximate surface area is 134 Å². The molecule has 7 nitrogen and oxygen atoms in total. The molecule has 7 heteroatoms. The maximum Gasteiger partial charge on any atom is 0.305 e. The zero-order chi connectivity index (χ0) is 17.2. The minimum Gasteiger partial charge on any atom is -0.494 e. The van der Waals surface area contributed by atoms with Gasteiger partial charge in [0.25, 0.3) is 5.69 Å². The van der Waals surface area contributed by atoms with Crippen molar-refractivity contribution in [2.45, 2.75) is 39.5 Å². The van der Waals surface area contributed by atoms with Crippen LogP contribution in [0.2, 0.25) is 0 Å². The number of nitrogens with zero attached hydrogens (tertiary/aromatic N) is 1. The molecule has 0 amide bonds. The molecular formula is C16H21NO6. The smallest absolute Gasteiger partial charge is 0.305 e. The van der Waals surface area contributed by atoms with E-state index in [9.17, 15) is 19.7 Å². The van der Waals surface area contributed by atoms with Gasteiger partial charge in [-0.05, 0) is 45.2 Å². The molecule has 0 unspecified atom stereocenters. The third-order valence-corrected chi connectivity index (χ3v) is 3.21. The highest BCUT2D eigenvalue weighted by Gasteiger charge is 2.18. The standard InChI is InChI=1S/C16H21NO6/c1-3-22-15(19)7-5-4-6-8-23-14-9-12(2)16(17(20)21)13(10-14)11-18/h9-11H,3-8H2,1-2H3. The first-order valence-corrected chi connectivity index (χ1v) is 7.52. The SMILES string of the molecule is CCOC(=O)CCCCCOc1cc(C)c([N+](=O)[O-])c(C=O)c1. The van der Waals surface area contributed by atoms with Gasteiger partial charge in [0, 0.05) is 12.0 Å². The van der Waals surface area contributed by atoms with E-state index in [1.54, 1.807) is 19.9 Å². The summed E-state index contributed by atoms with van der Waals surface area (Å²) in [5.41, 5.74) is 0.200. The van der Waals surface area contributed by atoms with Gasteiger partial charge < -0.3 is 9.47 Å². The predicted octanol–water partition coefficient (Wildman–Crippen LogP) is 3.22. The van der Waals surface area contributed by atoms with Crippen LogP contribution in [0.5, 0.6) is 5.75 Å². The molecule has 0 aliphatic rings. The number of carbonyl (C=O) groups is 2. The molecule has 1 aromatic carbocycles. The molecule has 0 spiro atoms. The first-order valence-electron chi connectivity index (χ1n) is 7.52. The van der Waals surface area contributed by atoms with Crippen molar-refractivity contribution >= 4 is 17.9 Å². The topological polar surface area (TPSA) is 95.7 Å². The van der Waals surface area contributed by atoms with Crippen LogP contribution in [0.1, 0.15) is 48.5 Å². The fourth-order valence-corrected chi connectivity index (χ4v) is 2.17. The van der Waals surface area contributed by atoms with E-state index in [4.69, 9.17) is 9.47 Å². The summed E-state index contributed by atoms with van der Waals surface area (Å²) in [6.07, 6.45) is 3.12. The average Bonchev–Trinajstić information content (AvgIpc) is 2.49. The molecule has 126 valence electrons. The van der Waals surface area contributed by atoms with Crippen molar-refractivity contribution < 1.29 is 24.0 Å². The Hall–Kier alpha value is -2.44. The van der Waals surface area contributed by atoms with Crippen molar-refractivity contribution in [3.63, 3.8) is 0 Å². The Bertz CT molecular complexity index is 570. The molecule has 0 heterocycles. The maximum atomic E-state index is 11.2. The van der Waals surface area contributed by atoms with Crippen molar-refractivity contribution in [3.05, 3.63) is 33.4 Å². The molecule has 0 radical (unpaired) electrons. The van der Waals surface area contributed by atoms with Crippen molar-refractivity contribution in [2.24, 2.45) is 0 Å². The van der Waals surface area contributed by atoms with Gasteiger partial charge in [0.2, 0.25) is 0 Å². The summed E-state index contributed by atoms with van der Waals surface area (Å²) in [6.45, 7) is 4.14. The van der Waals surface area contributed by atoms with Gasteiger partial charge in [0.1, 0.15) is 5.75 Å². The van der Waals surface area contributed by atoms with Crippen LogP contribution >= 0.6 is 0 Å². The first kappa shape index (κ1) is 18.6. The highest BCUT2D eigenvalue weighted by Crippen LogP contribution is 2.27. The summed E-state index contributed by atoms with van der Waals surface area (Å²) in [5, 5.41) is 10.9. The monoisotopic (exact) mass is 323 g/mol. The predicted molar refractivity (Wildman–Crippen MR) is 83.8 cm³/mol. The Morgan fingerprint density at radius 2 is 2.04 bits per heavy atom. The molecule has 0 aliphatic carbocycles. The second-order valence-electron chi connectivity index (χ2n) is 5.02. The van der Waals surface area contributed by atoms with Gasteiger partial charge in [0.15, 0.2) is 6.29 Å². The normalized spacial score (nSPS) is 10.2. The van der Waals surface area contributed by atoms with E-state index >= 15 is 0 Å². The quantitative estimate of drug-likeness (QED) is 0.216. The number of benzene rings is 1. The third-order valence-electron chi connectivity index (χ3n) is 3.21. The van der Waals surface area contributed by atoms with E-state index in [0.29, 0.717) is 37.2 Å². The highest BCUT2D eigenvalue weighted by molar-refractivity contribution is 5.83. The summed E-state index contributed by atoms with van der Waals surface area (Å²) in [6, 6.07) is 2.92. The average molecular weight is 323 g/mol. The van der Waals surface area contributed by atoms with E-state index in [1.165, 1.54) is 6.07 Å². The lowest BCUT2D eigenvalue weighted by Gasteiger charge is -2.08. The third kappa shape index (κ3) is 6.06. The largest absolute Gasteiger partial charge is 0.494 e. The van der Waals surface area contributed by atoms with E-state index in [1.807, 2.05) is 0 Å². The first-order chi connectivity index (χ1) is 11.0. The van der Waals surface area contributed by atoms with Gasteiger partial charge in [-0.25, -0.2) is 0 Å². The zero-order valence-corrected chi connectivity index (χ0v) is 13.4. The molecule has 23 heavy (non-hydrogen) atoms. The van der Waals surface area contributed by atoms with Crippen molar-refractivity contribution in [1.29, 1.82) is 0 Å². The van der Waals surface area contributed by atoms with Gasteiger partial charge in [-0.1, -0.05) is 0 Å². The van der Waals surface area contributed by atoms with Crippen LogP contribution in [0.4, 0.5) is 5.69 Å². The molecule has 1 aromatic rings. The minimum atomic E-state index is -0.571. The Kier molecular flexibility index (Phi) is 7.73. The summed E-state index contributed by atoms with van der Waals surface area (Å²) in [7, 11) is 0. The van der Waals surface area contributed by atoms with Gasteiger partial charge >= 0.3 is 5.97 Å². The van der Waals surface area contributed by atoms with E-state index in [2.05, 4.69) is 0 Å². The van der Waals surface area contributed by atoms with Crippen molar-refractivity contribution in [3.8, 4) is 5.75 Å². The van der Waals surface area contributed by atoms with Crippen LogP contribution in [0.15, 0.2) is 12.1 Å². The Morgan fingerprint density at radius 3 is 2.65 bits per heavy atom. The Balaban J connectivity index is 2.44. The summed E-state index contributed by atoms with van der Waals surface area (Å²) in [4.78, 5) is 32.5.